The molecule has 1 amide bonds. The van der Waals surface area contributed by atoms with Crippen LogP contribution in [0.1, 0.15) is 110 Å². The molecule has 0 radical (unpaired) electrons. The molecule has 0 fully saturated rings. The van der Waals surface area contributed by atoms with Crippen LogP contribution in [-0.4, -0.2) is 26.5 Å². The number of nitrogens with one attached hydrogen (secondary N) is 2. The van der Waals surface area contributed by atoms with Crippen LogP contribution in [0.5, 0.6) is 0 Å². The monoisotopic (exact) mass is 342 g/mol. The highest BCUT2D eigenvalue weighted by molar-refractivity contribution is 5.75. The Morgan fingerprint density at radius 1 is 0.625 bits per heavy atom. The van der Waals surface area contributed by atoms with Gasteiger partial charge in [0.1, 0.15) is 0 Å². The van der Waals surface area contributed by atoms with Crippen molar-refractivity contribution in [2.75, 3.05) is 20.6 Å². The summed E-state index contributed by atoms with van der Waals surface area (Å²) in [5.74, 6) is 0.236. The van der Waals surface area contributed by atoms with E-state index in [2.05, 4.69) is 24.5 Å². The molecule has 0 heterocycles. The van der Waals surface area contributed by atoms with Gasteiger partial charge < -0.3 is 10.6 Å². The topological polar surface area (TPSA) is 41.1 Å². The van der Waals surface area contributed by atoms with E-state index in [4.69, 9.17) is 0 Å². The Morgan fingerprint density at radius 2 is 1.00 bits per heavy atom. The molecular formula is C21H46N2O. The second-order valence-electron chi connectivity index (χ2n) is 6.84. The molecule has 0 atom stereocenters. The van der Waals surface area contributed by atoms with Crippen molar-refractivity contribution in [3.8, 4) is 0 Å². The smallest absolute Gasteiger partial charge is 0.219 e. The van der Waals surface area contributed by atoms with Crippen LogP contribution in [0.25, 0.3) is 0 Å². The Hall–Kier alpha value is -0.570. The van der Waals surface area contributed by atoms with E-state index in [1.165, 1.54) is 77.0 Å². The lowest BCUT2D eigenvalue weighted by Gasteiger charge is -2.04. The van der Waals surface area contributed by atoms with Crippen LogP contribution in [0.15, 0.2) is 0 Å². The fourth-order valence-electron chi connectivity index (χ4n) is 2.66. The number of hydrogen-bond donors (Lipinski definition) is 2. The molecule has 2 N–H and O–H groups in total. The number of rotatable bonds is 16. The number of carbonyl (C=O) groups excluding carboxylic acids is 1. The summed E-state index contributed by atoms with van der Waals surface area (Å²) in [6.45, 7) is 5.19. The molecule has 0 rings (SSSR count). The third-order valence-corrected chi connectivity index (χ3v) is 4.08. The van der Waals surface area contributed by atoms with Gasteiger partial charge in [0.2, 0.25) is 5.91 Å². The number of carbonyl (C=O) groups is 1. The Balaban J connectivity index is 0. The summed E-state index contributed by atoms with van der Waals surface area (Å²) in [7, 11) is 3.75. The molecule has 0 aromatic carbocycles. The molecule has 0 spiro atoms. The van der Waals surface area contributed by atoms with Gasteiger partial charge in [0.15, 0.2) is 0 Å². The zero-order chi connectivity index (χ0) is 18.3. The number of amides is 1. The van der Waals surface area contributed by atoms with E-state index < -0.39 is 0 Å². The van der Waals surface area contributed by atoms with Gasteiger partial charge in [0.05, 0.1) is 0 Å². The van der Waals surface area contributed by atoms with Crippen molar-refractivity contribution in [1.82, 2.24) is 10.6 Å². The minimum Gasteiger partial charge on any atom is -0.356 e. The van der Waals surface area contributed by atoms with Gasteiger partial charge in [0.25, 0.3) is 0 Å². The van der Waals surface area contributed by atoms with Gasteiger partial charge >= 0.3 is 0 Å². The minimum atomic E-state index is 0.236. The first-order valence-corrected chi connectivity index (χ1v) is 10.6. The summed E-state index contributed by atoms with van der Waals surface area (Å²) in [5.41, 5.74) is 0. The van der Waals surface area contributed by atoms with Crippen LogP contribution in [0, 0.1) is 0 Å². The predicted molar refractivity (Wildman–Crippen MR) is 109 cm³/mol. The molecule has 24 heavy (non-hydrogen) atoms. The van der Waals surface area contributed by atoms with Gasteiger partial charge in [-0.25, -0.2) is 0 Å². The van der Waals surface area contributed by atoms with Crippen molar-refractivity contribution < 1.29 is 4.79 Å². The molecule has 146 valence electrons. The van der Waals surface area contributed by atoms with Gasteiger partial charge in [-0.3, -0.25) is 4.79 Å². The Labute approximate surface area is 152 Å². The average Bonchev–Trinajstić information content (AvgIpc) is 2.58. The molecule has 0 aromatic rings. The lowest BCUT2D eigenvalue weighted by atomic mass is 10.0. The maximum absolute atomic E-state index is 11.4. The maximum Gasteiger partial charge on any atom is 0.219 e. The predicted octanol–water partition coefficient (Wildman–Crippen LogP) is 5.83. The highest BCUT2D eigenvalue weighted by atomic mass is 16.1. The van der Waals surface area contributed by atoms with E-state index >= 15 is 0 Å². The second-order valence-corrected chi connectivity index (χ2v) is 6.84. The molecule has 0 saturated heterocycles. The third kappa shape index (κ3) is 26.3. The molecule has 0 unspecified atom stereocenters. The summed E-state index contributed by atoms with van der Waals surface area (Å²) < 4.78 is 0. The van der Waals surface area contributed by atoms with Crippen molar-refractivity contribution in [2.45, 2.75) is 110 Å². The summed E-state index contributed by atoms with van der Waals surface area (Å²) in [6.07, 6.45) is 19.4. The van der Waals surface area contributed by atoms with Gasteiger partial charge in [-0.05, 0) is 26.9 Å². The summed E-state index contributed by atoms with van der Waals surface area (Å²) in [4.78, 5) is 11.4. The normalized spacial score (nSPS) is 10.2. The summed E-state index contributed by atoms with van der Waals surface area (Å²) in [5, 5.41) is 5.69. The Morgan fingerprint density at radius 3 is 1.38 bits per heavy atom. The molecule has 0 aliphatic rings. The largest absolute Gasteiger partial charge is 0.356 e. The van der Waals surface area contributed by atoms with Crippen LogP contribution in [0.4, 0.5) is 0 Å². The highest BCUT2D eigenvalue weighted by Gasteiger charge is 1.99. The van der Waals surface area contributed by atoms with Gasteiger partial charge in [-0.2, -0.15) is 0 Å². The Bertz CT molecular complexity index is 232. The van der Waals surface area contributed by atoms with E-state index in [0.29, 0.717) is 0 Å². The van der Waals surface area contributed by atoms with Crippen LogP contribution < -0.4 is 10.6 Å². The molecule has 0 aromatic heterocycles. The SMILES string of the molecule is CCCCCCCCCCCCCCCC(=O)NCCC.CNC. The fourth-order valence-corrected chi connectivity index (χ4v) is 2.66. The first-order valence-electron chi connectivity index (χ1n) is 10.6. The van der Waals surface area contributed by atoms with E-state index in [0.717, 1.165) is 25.8 Å². The standard InChI is InChI=1S/C19H39NO.C2H7N/c1-3-5-6-7-8-9-10-11-12-13-14-15-16-17-19(21)20-18-4-2;1-3-2/h3-18H2,1-2H3,(H,20,21);3H,1-2H3. The molecule has 3 heteroatoms. The average molecular weight is 343 g/mol. The van der Waals surface area contributed by atoms with E-state index in [-0.39, 0.29) is 5.91 Å². The zero-order valence-electron chi connectivity index (χ0n) is 17.2. The first-order chi connectivity index (χ1) is 11.7. The maximum atomic E-state index is 11.4. The molecule has 0 saturated carbocycles. The highest BCUT2D eigenvalue weighted by Crippen LogP contribution is 2.12. The summed E-state index contributed by atoms with van der Waals surface area (Å²) in [6, 6.07) is 0. The molecule has 3 nitrogen and oxygen atoms in total. The van der Waals surface area contributed by atoms with Crippen molar-refractivity contribution in [3.63, 3.8) is 0 Å². The quantitative estimate of drug-likeness (QED) is 0.346. The van der Waals surface area contributed by atoms with E-state index in [9.17, 15) is 4.79 Å². The number of unbranched alkanes of at least 4 members (excludes halogenated alkanes) is 12. The van der Waals surface area contributed by atoms with Crippen LogP contribution in [-0.2, 0) is 4.79 Å². The second kappa shape index (κ2) is 24.7. The van der Waals surface area contributed by atoms with Gasteiger partial charge in [-0.1, -0.05) is 90.9 Å². The van der Waals surface area contributed by atoms with Gasteiger partial charge in [-0.15, -0.1) is 0 Å². The zero-order valence-corrected chi connectivity index (χ0v) is 17.2. The Kier molecular flexibility index (Phi) is 26.4. The molecular weight excluding hydrogens is 296 g/mol. The molecule has 0 aliphatic heterocycles. The molecule has 0 aliphatic carbocycles. The van der Waals surface area contributed by atoms with Crippen molar-refractivity contribution in [1.29, 1.82) is 0 Å². The van der Waals surface area contributed by atoms with Gasteiger partial charge in [0, 0.05) is 13.0 Å². The van der Waals surface area contributed by atoms with E-state index in [1.807, 2.05) is 14.1 Å². The van der Waals surface area contributed by atoms with Crippen molar-refractivity contribution >= 4 is 5.91 Å². The lowest BCUT2D eigenvalue weighted by molar-refractivity contribution is -0.121. The third-order valence-electron chi connectivity index (χ3n) is 4.08. The van der Waals surface area contributed by atoms with E-state index in [1.54, 1.807) is 0 Å². The number of hydrogen-bond acceptors (Lipinski definition) is 2. The van der Waals surface area contributed by atoms with Crippen molar-refractivity contribution in [3.05, 3.63) is 0 Å². The van der Waals surface area contributed by atoms with Crippen LogP contribution in [0.2, 0.25) is 0 Å². The lowest BCUT2D eigenvalue weighted by Crippen LogP contribution is -2.23. The fraction of sp³-hybridized carbons (Fsp3) is 0.952. The summed E-state index contributed by atoms with van der Waals surface area (Å²) >= 11 is 0. The first kappa shape index (κ1) is 25.7. The van der Waals surface area contributed by atoms with Crippen LogP contribution in [0.3, 0.4) is 0 Å². The van der Waals surface area contributed by atoms with Crippen molar-refractivity contribution in [2.24, 2.45) is 0 Å². The van der Waals surface area contributed by atoms with Crippen LogP contribution >= 0.6 is 0 Å². The minimum absolute atomic E-state index is 0.236. The molecule has 0 bridgehead atoms.